The van der Waals surface area contributed by atoms with Crippen molar-refractivity contribution in [1.29, 1.82) is 0 Å². The molecule has 3 heterocycles. The molecule has 3 aromatic rings. The van der Waals surface area contributed by atoms with Crippen LogP contribution in [-0.2, 0) is 13.6 Å². The largest absolute Gasteiger partial charge is 0.387 e. The van der Waals surface area contributed by atoms with E-state index in [-0.39, 0.29) is 5.91 Å². The Balaban J connectivity index is 1.62. The SMILES string of the molecule is Cn1nc(C(=O)N2Cc3ccccc3[C@H](O)C2)cc1-c1cccs1. The van der Waals surface area contributed by atoms with E-state index in [0.717, 1.165) is 21.7 Å². The Morgan fingerprint density at radius 1 is 1.29 bits per heavy atom. The van der Waals surface area contributed by atoms with Crippen LogP contribution in [0.4, 0.5) is 0 Å². The van der Waals surface area contributed by atoms with Crippen LogP contribution in [0.2, 0.25) is 0 Å². The number of hydrogen-bond acceptors (Lipinski definition) is 4. The van der Waals surface area contributed by atoms with Crippen molar-refractivity contribution in [3.8, 4) is 10.6 Å². The van der Waals surface area contributed by atoms with Crippen LogP contribution < -0.4 is 0 Å². The molecule has 24 heavy (non-hydrogen) atoms. The smallest absolute Gasteiger partial charge is 0.274 e. The summed E-state index contributed by atoms with van der Waals surface area (Å²) in [6.45, 7) is 0.789. The number of amides is 1. The molecule has 0 saturated heterocycles. The summed E-state index contributed by atoms with van der Waals surface area (Å²) in [7, 11) is 1.84. The zero-order valence-electron chi connectivity index (χ0n) is 13.2. The number of rotatable bonds is 2. The highest BCUT2D eigenvalue weighted by Gasteiger charge is 2.28. The highest BCUT2D eigenvalue weighted by Crippen LogP contribution is 2.29. The highest BCUT2D eigenvalue weighted by atomic mass is 32.1. The maximum atomic E-state index is 12.8. The Labute approximate surface area is 143 Å². The third kappa shape index (κ3) is 2.53. The van der Waals surface area contributed by atoms with Crippen LogP contribution in [0.3, 0.4) is 0 Å². The number of thiophene rings is 1. The second-order valence-corrected chi connectivity index (χ2v) is 6.86. The van der Waals surface area contributed by atoms with E-state index in [1.54, 1.807) is 20.9 Å². The van der Waals surface area contributed by atoms with Crippen molar-refractivity contribution < 1.29 is 9.90 Å². The lowest BCUT2D eigenvalue weighted by molar-refractivity contribution is 0.0544. The third-order valence-corrected chi connectivity index (χ3v) is 5.22. The van der Waals surface area contributed by atoms with Gasteiger partial charge in [0.1, 0.15) is 0 Å². The molecule has 1 N–H and O–H groups in total. The Morgan fingerprint density at radius 2 is 2.12 bits per heavy atom. The molecule has 0 bridgehead atoms. The van der Waals surface area contributed by atoms with Gasteiger partial charge in [-0.1, -0.05) is 30.3 Å². The summed E-state index contributed by atoms with van der Waals surface area (Å²) >= 11 is 1.62. The standard InChI is InChI=1S/C18H17N3O2S/c1-20-15(17-7-4-8-24-17)9-14(19-20)18(23)21-10-12-5-2-3-6-13(12)16(22)11-21/h2-9,16,22H,10-11H2,1H3/t16-/m1/s1. The van der Waals surface area contributed by atoms with Crippen LogP contribution in [0, 0.1) is 0 Å². The number of β-amino-alcohol motifs (C(OH)–C–C–N with tert-alkyl or cyclic N) is 1. The average molecular weight is 339 g/mol. The molecule has 6 heteroatoms. The normalized spacial score (nSPS) is 16.9. The lowest BCUT2D eigenvalue weighted by Gasteiger charge is -2.31. The van der Waals surface area contributed by atoms with Gasteiger partial charge in [-0.15, -0.1) is 11.3 Å². The van der Waals surface area contributed by atoms with Crippen LogP contribution in [0.1, 0.15) is 27.7 Å². The minimum Gasteiger partial charge on any atom is -0.387 e. The van der Waals surface area contributed by atoms with Crippen LogP contribution in [-0.4, -0.2) is 32.2 Å². The number of fused-ring (bicyclic) bond motifs is 1. The van der Waals surface area contributed by atoms with E-state index in [1.807, 2.05) is 54.9 Å². The monoisotopic (exact) mass is 339 g/mol. The van der Waals surface area contributed by atoms with E-state index in [4.69, 9.17) is 0 Å². The molecule has 1 aliphatic rings. The van der Waals surface area contributed by atoms with Crippen molar-refractivity contribution in [2.45, 2.75) is 12.6 Å². The lowest BCUT2D eigenvalue weighted by atomic mass is 9.97. The molecular formula is C18H17N3O2S. The minimum absolute atomic E-state index is 0.151. The first-order chi connectivity index (χ1) is 11.6. The summed E-state index contributed by atoms with van der Waals surface area (Å²) in [5.74, 6) is -0.151. The Hall–Kier alpha value is -2.44. The molecule has 122 valence electrons. The summed E-state index contributed by atoms with van der Waals surface area (Å²) < 4.78 is 1.73. The van der Waals surface area contributed by atoms with Gasteiger partial charge in [0.15, 0.2) is 5.69 Å². The van der Waals surface area contributed by atoms with Gasteiger partial charge in [0.05, 0.1) is 23.2 Å². The van der Waals surface area contributed by atoms with Crippen molar-refractivity contribution in [3.63, 3.8) is 0 Å². The molecule has 0 aliphatic carbocycles. The van der Waals surface area contributed by atoms with Gasteiger partial charge in [-0.3, -0.25) is 9.48 Å². The summed E-state index contributed by atoms with van der Waals surface area (Å²) in [4.78, 5) is 15.6. The number of carbonyl (C=O) groups excluding carboxylic acids is 1. The second kappa shape index (κ2) is 5.89. The quantitative estimate of drug-likeness (QED) is 0.781. The van der Waals surface area contributed by atoms with Crippen molar-refractivity contribution in [1.82, 2.24) is 14.7 Å². The number of hydrogen-bond donors (Lipinski definition) is 1. The molecule has 1 amide bonds. The minimum atomic E-state index is -0.653. The molecule has 0 radical (unpaired) electrons. The highest BCUT2D eigenvalue weighted by molar-refractivity contribution is 7.13. The third-order valence-electron chi connectivity index (χ3n) is 4.33. The van der Waals surface area contributed by atoms with Gasteiger partial charge in [0.2, 0.25) is 0 Å². The predicted octanol–water partition coefficient (Wildman–Crippen LogP) is 2.84. The van der Waals surface area contributed by atoms with Gasteiger partial charge >= 0.3 is 0 Å². The molecule has 2 aromatic heterocycles. The van der Waals surface area contributed by atoms with Gasteiger partial charge < -0.3 is 10.0 Å². The summed E-state index contributed by atoms with van der Waals surface area (Å²) in [6, 6.07) is 13.5. The van der Waals surface area contributed by atoms with Crippen molar-refractivity contribution in [3.05, 3.63) is 64.7 Å². The van der Waals surface area contributed by atoms with Crippen molar-refractivity contribution in [2.24, 2.45) is 7.05 Å². The van der Waals surface area contributed by atoms with Crippen molar-refractivity contribution in [2.75, 3.05) is 6.54 Å². The first-order valence-corrected chi connectivity index (χ1v) is 8.64. The first-order valence-electron chi connectivity index (χ1n) is 7.76. The zero-order chi connectivity index (χ0) is 16.7. The molecule has 0 spiro atoms. The molecular weight excluding hydrogens is 322 g/mol. The maximum Gasteiger partial charge on any atom is 0.274 e. The summed E-state index contributed by atoms with van der Waals surface area (Å²) in [6.07, 6.45) is -0.653. The van der Waals surface area contributed by atoms with E-state index < -0.39 is 6.10 Å². The van der Waals surface area contributed by atoms with E-state index in [2.05, 4.69) is 5.10 Å². The fraction of sp³-hybridized carbons (Fsp3) is 0.222. The molecule has 1 aliphatic heterocycles. The summed E-state index contributed by atoms with van der Waals surface area (Å²) in [5, 5.41) is 16.7. The van der Waals surface area contributed by atoms with Crippen LogP contribution >= 0.6 is 11.3 Å². The van der Waals surface area contributed by atoms with E-state index >= 15 is 0 Å². The molecule has 0 saturated carbocycles. The van der Waals surface area contributed by atoms with Crippen LogP contribution in [0.25, 0.3) is 10.6 Å². The van der Waals surface area contributed by atoms with E-state index in [9.17, 15) is 9.90 Å². The number of aliphatic hydroxyl groups excluding tert-OH is 1. The average Bonchev–Trinajstić information content (AvgIpc) is 3.23. The number of aryl methyl sites for hydroxylation is 1. The molecule has 0 unspecified atom stereocenters. The fourth-order valence-electron chi connectivity index (χ4n) is 3.12. The number of carbonyl (C=O) groups is 1. The van der Waals surface area contributed by atoms with Crippen molar-refractivity contribution >= 4 is 17.2 Å². The molecule has 1 atom stereocenters. The number of nitrogens with zero attached hydrogens (tertiary/aromatic N) is 3. The van der Waals surface area contributed by atoms with Crippen LogP contribution in [0.5, 0.6) is 0 Å². The fourth-order valence-corrected chi connectivity index (χ4v) is 3.90. The van der Waals surface area contributed by atoms with Crippen LogP contribution in [0.15, 0.2) is 47.8 Å². The molecule has 4 rings (SSSR count). The van der Waals surface area contributed by atoms with Gasteiger partial charge in [-0.2, -0.15) is 5.10 Å². The van der Waals surface area contributed by atoms with Gasteiger partial charge in [-0.25, -0.2) is 0 Å². The van der Waals surface area contributed by atoms with E-state index in [0.29, 0.717) is 18.8 Å². The van der Waals surface area contributed by atoms with Gasteiger partial charge in [0.25, 0.3) is 5.91 Å². The topological polar surface area (TPSA) is 58.4 Å². The lowest BCUT2D eigenvalue weighted by Crippen LogP contribution is -2.38. The Bertz CT molecular complexity index is 886. The van der Waals surface area contributed by atoms with Gasteiger partial charge in [0, 0.05) is 13.6 Å². The summed E-state index contributed by atoms with van der Waals surface area (Å²) in [5.41, 5.74) is 3.22. The van der Waals surface area contributed by atoms with E-state index in [1.165, 1.54) is 0 Å². The molecule has 5 nitrogen and oxygen atoms in total. The van der Waals surface area contributed by atoms with Gasteiger partial charge in [-0.05, 0) is 28.6 Å². The second-order valence-electron chi connectivity index (χ2n) is 5.92. The Morgan fingerprint density at radius 3 is 2.92 bits per heavy atom. The number of aliphatic hydroxyl groups is 1. The maximum absolute atomic E-state index is 12.8. The molecule has 0 fully saturated rings. The molecule has 1 aromatic carbocycles. The number of benzene rings is 1. The number of aromatic nitrogens is 2. The Kier molecular flexibility index (Phi) is 3.70. The predicted molar refractivity (Wildman–Crippen MR) is 92.7 cm³/mol. The first kappa shape index (κ1) is 15.1. The zero-order valence-corrected chi connectivity index (χ0v) is 14.0.